The number of hydrogen-bond donors (Lipinski definition) is 2. The lowest BCUT2D eigenvalue weighted by atomic mass is 9.82. The van der Waals surface area contributed by atoms with Gasteiger partial charge in [0.05, 0.1) is 13.1 Å². The van der Waals surface area contributed by atoms with Gasteiger partial charge in [0.15, 0.2) is 17.0 Å². The number of carbonyl (C=O) groups is 4. The number of amides is 4. The number of aliphatic imine (C=N–C) groups is 1. The zero-order valence-electron chi connectivity index (χ0n) is 45.2. The van der Waals surface area contributed by atoms with Gasteiger partial charge in [0.2, 0.25) is 0 Å². The average molecular weight is 1150 g/mol. The van der Waals surface area contributed by atoms with Crippen LogP contribution in [0.4, 0.5) is 26.3 Å². The van der Waals surface area contributed by atoms with Crippen LogP contribution in [0.25, 0.3) is 0 Å². The topological polar surface area (TPSA) is 157 Å². The highest BCUT2D eigenvalue weighted by molar-refractivity contribution is 6.09. The van der Waals surface area contributed by atoms with E-state index >= 15 is 0 Å². The van der Waals surface area contributed by atoms with Gasteiger partial charge in [-0.05, 0) is 155 Å². The van der Waals surface area contributed by atoms with Crippen molar-refractivity contribution in [2.24, 2.45) is 10.7 Å². The lowest BCUT2D eigenvalue weighted by molar-refractivity contribution is -0.131. The molecule has 2 aliphatic rings. The van der Waals surface area contributed by atoms with Gasteiger partial charge < -0.3 is 20.9 Å². The van der Waals surface area contributed by atoms with E-state index in [1.807, 2.05) is 0 Å². The molecule has 10 rings (SSSR count). The number of halogens is 7. The summed E-state index contributed by atoms with van der Waals surface area (Å²) < 4.78 is 81.7. The molecule has 0 unspecified atom stereocenters. The molecule has 8 aromatic rings. The smallest absolute Gasteiger partial charge is 0.272 e. The van der Waals surface area contributed by atoms with Crippen molar-refractivity contribution in [2.45, 2.75) is 51.1 Å². The summed E-state index contributed by atoms with van der Waals surface area (Å²) in [5, 5.41) is 3.18. The first-order valence-corrected chi connectivity index (χ1v) is 25.6. The van der Waals surface area contributed by atoms with Crippen molar-refractivity contribution in [2.75, 3.05) is 14.1 Å². The summed E-state index contributed by atoms with van der Waals surface area (Å²) in [6, 6.07) is 40.1. The molecule has 0 saturated carbocycles. The molecule has 0 radical (unpaired) electrons. The summed E-state index contributed by atoms with van der Waals surface area (Å²) in [6.07, 6.45) is 0. The molecule has 0 bridgehead atoms. The van der Waals surface area contributed by atoms with Gasteiger partial charge in [-0.15, -0.1) is 12.4 Å². The first-order chi connectivity index (χ1) is 39.1. The van der Waals surface area contributed by atoms with Crippen molar-refractivity contribution >= 4 is 42.0 Å². The van der Waals surface area contributed by atoms with E-state index in [1.54, 1.807) is 76.5 Å². The van der Waals surface area contributed by atoms with Crippen LogP contribution < -0.4 is 11.1 Å². The van der Waals surface area contributed by atoms with Crippen molar-refractivity contribution in [1.29, 1.82) is 0 Å². The largest absolute Gasteiger partial charge is 0.369 e. The van der Waals surface area contributed by atoms with E-state index in [2.05, 4.69) is 26.9 Å². The van der Waals surface area contributed by atoms with Crippen LogP contribution in [0, 0.1) is 48.8 Å². The SMILES string of the molecule is C=C1NC(c2ccc(F)cc2)(c2ccc(F)cc2)C(=O)N1Cc1cc(C)nc(C(=O)N(C)Cc2ccc(F)cc2)c1.Cc1cc(CN2C(=O)C(c3ccc(F)cc3)(c3ccc(F)cc3)N=C2N)cc(C(=O)N(C)Cc2ccc(F)cc2)n1.Cl. The monoisotopic (exact) mass is 1150 g/mol. The molecule has 0 spiro atoms. The van der Waals surface area contributed by atoms with Crippen LogP contribution in [0.1, 0.15) is 76.9 Å². The molecule has 83 heavy (non-hydrogen) atoms. The number of guanidine groups is 1. The third-order valence-corrected chi connectivity index (χ3v) is 13.9. The number of rotatable bonds is 14. The highest BCUT2D eigenvalue weighted by Crippen LogP contribution is 2.41. The van der Waals surface area contributed by atoms with E-state index in [0.29, 0.717) is 50.6 Å². The molecule has 424 valence electrons. The fourth-order valence-corrected chi connectivity index (χ4v) is 9.95. The quantitative estimate of drug-likeness (QED) is 0.102. The lowest BCUT2D eigenvalue weighted by Gasteiger charge is -2.28. The predicted octanol–water partition coefficient (Wildman–Crippen LogP) is 10.5. The fourth-order valence-electron chi connectivity index (χ4n) is 9.95. The average Bonchev–Trinajstić information content (AvgIpc) is 2.05. The van der Waals surface area contributed by atoms with E-state index in [9.17, 15) is 45.5 Å². The second kappa shape index (κ2) is 24.6. The van der Waals surface area contributed by atoms with Gasteiger partial charge in [0.25, 0.3) is 23.6 Å². The van der Waals surface area contributed by atoms with Crippen LogP contribution in [0.15, 0.2) is 187 Å². The maximum Gasteiger partial charge on any atom is 0.272 e. The number of nitrogens with one attached hydrogen (secondary N) is 1. The first kappa shape index (κ1) is 59.5. The van der Waals surface area contributed by atoms with Gasteiger partial charge in [-0.1, -0.05) is 79.4 Å². The number of pyridine rings is 2. The normalized spacial score (nSPS) is 14.0. The molecule has 0 atom stereocenters. The van der Waals surface area contributed by atoms with Crippen LogP contribution in [-0.4, -0.2) is 73.3 Å². The highest BCUT2D eigenvalue weighted by Gasteiger charge is 2.52. The third kappa shape index (κ3) is 12.6. The van der Waals surface area contributed by atoms with Gasteiger partial charge in [0, 0.05) is 38.6 Å². The second-order valence-electron chi connectivity index (χ2n) is 19.9. The van der Waals surface area contributed by atoms with E-state index in [0.717, 1.165) is 11.1 Å². The predicted molar refractivity (Wildman–Crippen MR) is 302 cm³/mol. The molecule has 4 heterocycles. The Labute approximate surface area is 480 Å². The summed E-state index contributed by atoms with van der Waals surface area (Å²) in [5.41, 5.74) is 9.05. The van der Waals surface area contributed by atoms with E-state index in [4.69, 9.17) is 5.73 Å². The summed E-state index contributed by atoms with van der Waals surface area (Å²) in [6.45, 7) is 8.08. The zero-order valence-corrected chi connectivity index (χ0v) is 46.0. The van der Waals surface area contributed by atoms with Gasteiger partial charge >= 0.3 is 0 Å². The van der Waals surface area contributed by atoms with Gasteiger partial charge in [-0.2, -0.15) is 0 Å². The summed E-state index contributed by atoms with van der Waals surface area (Å²) in [7, 11) is 3.24. The molecule has 6 aromatic carbocycles. The number of hydrogen-bond acceptors (Lipinski definition) is 9. The molecule has 2 aliphatic heterocycles. The minimum atomic E-state index is -1.65. The fraction of sp³-hybridized carbons (Fsp3) is 0.159. The lowest BCUT2D eigenvalue weighted by Crippen LogP contribution is -2.44. The van der Waals surface area contributed by atoms with Crippen molar-refractivity contribution in [3.8, 4) is 0 Å². The Morgan fingerprint density at radius 3 is 1.19 bits per heavy atom. The van der Waals surface area contributed by atoms with Gasteiger partial charge in [0.1, 0.15) is 52.1 Å². The minimum Gasteiger partial charge on any atom is -0.369 e. The van der Waals surface area contributed by atoms with Crippen molar-refractivity contribution < 1.29 is 45.5 Å². The zero-order chi connectivity index (χ0) is 58.6. The Morgan fingerprint density at radius 2 is 0.831 bits per heavy atom. The summed E-state index contributed by atoms with van der Waals surface area (Å²) in [5.74, 6) is -4.02. The maximum absolute atomic E-state index is 14.1. The van der Waals surface area contributed by atoms with Crippen LogP contribution in [-0.2, 0) is 46.8 Å². The van der Waals surface area contributed by atoms with E-state index in [-0.39, 0.29) is 79.4 Å². The Morgan fingerprint density at radius 1 is 0.506 bits per heavy atom. The van der Waals surface area contributed by atoms with Crippen LogP contribution in [0.2, 0.25) is 0 Å². The molecule has 3 N–H and O–H groups in total. The van der Waals surface area contributed by atoms with Crippen LogP contribution in [0.5, 0.6) is 0 Å². The Balaban J connectivity index is 0.000000214. The van der Waals surface area contributed by atoms with Gasteiger partial charge in [-0.3, -0.25) is 29.0 Å². The number of carbonyl (C=O) groups excluding carboxylic acids is 4. The van der Waals surface area contributed by atoms with Crippen LogP contribution in [0.3, 0.4) is 0 Å². The molecule has 1 fully saturated rings. The summed E-state index contributed by atoms with van der Waals surface area (Å²) >= 11 is 0. The molecule has 0 aliphatic carbocycles. The van der Waals surface area contributed by atoms with Gasteiger partial charge in [-0.25, -0.2) is 41.3 Å². The van der Waals surface area contributed by atoms with Crippen LogP contribution >= 0.6 is 12.4 Å². The third-order valence-electron chi connectivity index (χ3n) is 13.9. The van der Waals surface area contributed by atoms with E-state index < -0.39 is 46.2 Å². The molecule has 1 saturated heterocycles. The summed E-state index contributed by atoms with van der Waals surface area (Å²) in [4.78, 5) is 73.7. The molecule has 20 heteroatoms. The molecule has 4 amide bonds. The van der Waals surface area contributed by atoms with E-state index in [1.165, 1.54) is 141 Å². The van der Waals surface area contributed by atoms with Crippen molar-refractivity contribution in [3.63, 3.8) is 0 Å². The van der Waals surface area contributed by atoms with Crippen molar-refractivity contribution in [3.05, 3.63) is 284 Å². The first-order valence-electron chi connectivity index (χ1n) is 25.6. The minimum absolute atomic E-state index is 0. The Kier molecular flexibility index (Phi) is 17.7. The number of benzene rings is 6. The number of nitrogens with two attached hydrogens (primary N) is 1. The van der Waals surface area contributed by atoms with Crippen molar-refractivity contribution in [1.82, 2.24) is 34.9 Å². The second-order valence-corrected chi connectivity index (χ2v) is 19.9. The molecular formula is C63H54ClF6N9O4. The standard InChI is InChI=1S/C32H27F3N4O2.C31H26F3N5O2.ClH/c1-20-16-23(17-29(36-20)30(40)38(3)18-22-4-10-26(33)11-5-22)19-39-21(2)37-32(31(39)41,24-6-12-27(34)13-7-24)25-8-14-28(35)15-9-25;1-19-15-21(16-27(36-19)28(40)38(2)17-20-3-9-24(32)10-4-20)18-39-29(41)31(37-30(39)35,22-5-11-25(33)12-6-22)23-7-13-26(34)14-8-23;/h4-17,37H,2,18-19H2,1,3H3;3-16H,17-18H2,1-2H3,(H2,35,37);1H. The highest BCUT2D eigenvalue weighted by atomic mass is 35.5. The molecule has 13 nitrogen and oxygen atoms in total. The molecular weight excluding hydrogens is 1100 g/mol. The Bertz CT molecular complexity index is 3560. The molecule has 2 aromatic heterocycles. The Hall–Kier alpha value is -9.62. The number of aromatic nitrogens is 2. The number of nitrogens with zero attached hydrogens (tertiary/aromatic N) is 7. The maximum atomic E-state index is 14.1. The number of aryl methyl sites for hydroxylation is 2.